The van der Waals surface area contributed by atoms with Crippen LogP contribution in [0.2, 0.25) is 5.02 Å². The van der Waals surface area contributed by atoms with Gasteiger partial charge in [-0.15, -0.1) is 4.40 Å². The molecule has 0 bridgehead atoms. The number of nitrogens with zero attached hydrogens (tertiary/aromatic N) is 2. The maximum absolute atomic E-state index is 13.1. The highest BCUT2D eigenvalue weighted by atomic mass is 35.5. The van der Waals surface area contributed by atoms with Gasteiger partial charge in [0.1, 0.15) is 6.61 Å². The van der Waals surface area contributed by atoms with E-state index in [2.05, 4.69) is 4.40 Å². The van der Waals surface area contributed by atoms with E-state index in [1.165, 1.54) is 24.1 Å². The van der Waals surface area contributed by atoms with E-state index in [9.17, 15) is 13.2 Å². The predicted molar refractivity (Wildman–Crippen MR) is 152 cm³/mol. The minimum atomic E-state index is -3.98. The lowest BCUT2D eigenvalue weighted by Gasteiger charge is -2.12. The molecule has 0 N–H and O–H groups in total. The largest absolute Gasteiger partial charge is 0.493 e. The zero-order valence-electron chi connectivity index (χ0n) is 21.2. The van der Waals surface area contributed by atoms with Gasteiger partial charge in [0.05, 0.1) is 16.9 Å². The van der Waals surface area contributed by atoms with Crippen molar-refractivity contribution in [2.24, 2.45) is 4.40 Å². The number of ether oxygens (including phenoxy) is 2. The molecule has 198 valence electrons. The van der Waals surface area contributed by atoms with Gasteiger partial charge in [0.2, 0.25) is 0 Å². The van der Waals surface area contributed by atoms with E-state index < -0.39 is 10.0 Å². The van der Waals surface area contributed by atoms with Crippen molar-refractivity contribution >= 4 is 50.5 Å². The smallest absolute Gasteiger partial charge is 0.284 e. The lowest BCUT2D eigenvalue weighted by Crippen LogP contribution is -2.29. The molecule has 4 rings (SSSR count). The number of hydrogen-bond donors (Lipinski definition) is 0. The number of aryl methyl sites for hydroxylation is 1. The quantitative estimate of drug-likeness (QED) is 0.286. The number of amidine groups is 1. The van der Waals surface area contributed by atoms with Crippen LogP contribution in [-0.2, 0) is 27.8 Å². The molecule has 1 saturated heterocycles. The second-order valence-electron chi connectivity index (χ2n) is 8.30. The summed E-state index contributed by atoms with van der Waals surface area (Å²) in [5.74, 6) is 0.699. The first kappa shape index (κ1) is 27.8. The van der Waals surface area contributed by atoms with Crippen molar-refractivity contribution in [1.82, 2.24) is 4.90 Å². The first-order chi connectivity index (χ1) is 18.2. The Morgan fingerprint density at radius 3 is 2.42 bits per heavy atom. The number of halogens is 1. The van der Waals surface area contributed by atoms with Gasteiger partial charge in [-0.2, -0.15) is 8.42 Å². The minimum absolute atomic E-state index is 0.0841. The molecule has 0 saturated carbocycles. The molecule has 0 unspecified atom stereocenters. The highest BCUT2D eigenvalue weighted by molar-refractivity contribution is 8.19. The topological polar surface area (TPSA) is 85.3 Å². The van der Waals surface area contributed by atoms with Gasteiger partial charge < -0.3 is 9.47 Å². The van der Waals surface area contributed by atoms with Gasteiger partial charge in [0.25, 0.3) is 15.9 Å². The van der Waals surface area contributed by atoms with E-state index in [1.807, 2.05) is 25.1 Å². The van der Waals surface area contributed by atoms with Crippen LogP contribution in [0, 0.1) is 0 Å². The third-order valence-electron chi connectivity index (χ3n) is 5.86. The van der Waals surface area contributed by atoms with Gasteiger partial charge in [-0.25, -0.2) is 0 Å². The number of rotatable bonds is 9. The van der Waals surface area contributed by atoms with Gasteiger partial charge in [-0.05, 0) is 72.6 Å². The Kier molecular flexibility index (Phi) is 8.81. The average molecular weight is 571 g/mol. The Hall–Kier alpha value is -3.27. The summed E-state index contributed by atoms with van der Waals surface area (Å²) >= 11 is 7.24. The summed E-state index contributed by atoms with van der Waals surface area (Å²) in [6, 6.07) is 19.3. The first-order valence-corrected chi connectivity index (χ1v) is 14.6. The molecule has 1 fully saturated rings. The Labute approximate surface area is 232 Å². The number of sulfonamides is 1. The summed E-state index contributed by atoms with van der Waals surface area (Å²) in [4.78, 5) is 14.9. The number of carbonyl (C=O) groups is 1. The Morgan fingerprint density at radius 2 is 1.76 bits per heavy atom. The zero-order valence-corrected chi connectivity index (χ0v) is 23.6. The molecule has 0 atom stereocenters. The second-order valence-corrected chi connectivity index (χ2v) is 11.3. The van der Waals surface area contributed by atoms with Crippen LogP contribution in [-0.4, -0.2) is 38.0 Å². The Bertz CT molecular complexity index is 1500. The number of likely N-dealkylation sites (N-methyl/N-ethyl adjacent to an activating group) is 1. The molecule has 3 aromatic carbocycles. The Balaban J connectivity index is 1.57. The van der Waals surface area contributed by atoms with Gasteiger partial charge in [-0.1, -0.05) is 54.9 Å². The van der Waals surface area contributed by atoms with Crippen LogP contribution in [0.1, 0.15) is 30.5 Å². The van der Waals surface area contributed by atoms with E-state index >= 15 is 0 Å². The van der Waals surface area contributed by atoms with Crippen molar-refractivity contribution in [3.05, 3.63) is 93.3 Å². The molecule has 1 amide bonds. The van der Waals surface area contributed by atoms with Gasteiger partial charge in [0, 0.05) is 17.1 Å². The van der Waals surface area contributed by atoms with Crippen molar-refractivity contribution in [1.29, 1.82) is 0 Å². The van der Waals surface area contributed by atoms with Crippen LogP contribution in [0.5, 0.6) is 11.5 Å². The molecular formula is C28H27ClN2O5S2. The van der Waals surface area contributed by atoms with Crippen molar-refractivity contribution < 1.29 is 22.7 Å². The van der Waals surface area contributed by atoms with Gasteiger partial charge in [0.15, 0.2) is 16.7 Å². The molecule has 0 spiro atoms. The molecule has 0 aromatic heterocycles. The number of amides is 1. The summed E-state index contributed by atoms with van der Waals surface area (Å²) in [7, 11) is -2.45. The lowest BCUT2D eigenvalue weighted by atomic mass is 10.1. The van der Waals surface area contributed by atoms with Crippen molar-refractivity contribution in [3.8, 4) is 11.5 Å². The molecule has 10 heteroatoms. The molecule has 0 aliphatic carbocycles. The highest BCUT2D eigenvalue weighted by Gasteiger charge is 2.34. The summed E-state index contributed by atoms with van der Waals surface area (Å²) in [6.07, 6.45) is 2.48. The summed E-state index contributed by atoms with van der Waals surface area (Å²) in [5.41, 5.74) is 2.56. The summed E-state index contributed by atoms with van der Waals surface area (Å²) in [6.45, 7) is 4.32. The van der Waals surface area contributed by atoms with E-state index in [1.54, 1.807) is 49.4 Å². The van der Waals surface area contributed by atoms with Crippen molar-refractivity contribution in [3.63, 3.8) is 0 Å². The maximum Gasteiger partial charge on any atom is 0.284 e. The third-order valence-corrected chi connectivity index (χ3v) is 8.63. The second kappa shape index (κ2) is 12.1. The third kappa shape index (κ3) is 6.23. The van der Waals surface area contributed by atoms with Crippen LogP contribution in [0.15, 0.2) is 80.9 Å². The number of carbonyl (C=O) groups excluding carboxylic acids is 1. The molecule has 3 aromatic rings. The monoisotopic (exact) mass is 570 g/mol. The van der Waals surface area contributed by atoms with E-state index in [0.717, 1.165) is 29.3 Å². The lowest BCUT2D eigenvalue weighted by molar-refractivity contribution is -0.122. The Morgan fingerprint density at radius 1 is 1.03 bits per heavy atom. The number of hydrogen-bond acceptors (Lipinski definition) is 6. The van der Waals surface area contributed by atoms with Crippen LogP contribution in [0.3, 0.4) is 0 Å². The molecule has 1 aliphatic heterocycles. The van der Waals surface area contributed by atoms with Crippen molar-refractivity contribution in [2.75, 3.05) is 13.7 Å². The SMILES string of the molecule is CCc1ccc(S(=O)(=O)/N=C2\S/C(=C/c3ccc(OCc4ccccc4Cl)c(OC)c3)C(=O)N2CC)cc1. The summed E-state index contributed by atoms with van der Waals surface area (Å²) in [5, 5.41) is 0.734. The van der Waals surface area contributed by atoms with Crippen LogP contribution < -0.4 is 9.47 Å². The van der Waals surface area contributed by atoms with Crippen molar-refractivity contribution in [2.45, 2.75) is 31.8 Å². The average Bonchev–Trinajstić information content (AvgIpc) is 3.21. The highest BCUT2D eigenvalue weighted by Crippen LogP contribution is 2.36. The number of benzene rings is 3. The van der Waals surface area contributed by atoms with Crippen LogP contribution in [0.4, 0.5) is 0 Å². The first-order valence-electron chi connectivity index (χ1n) is 11.9. The normalized spacial score (nSPS) is 15.9. The van der Waals surface area contributed by atoms with Crippen LogP contribution >= 0.6 is 23.4 Å². The van der Waals surface area contributed by atoms with E-state index in [-0.39, 0.29) is 29.1 Å². The zero-order chi connectivity index (χ0) is 27.3. The molecule has 0 radical (unpaired) electrons. The predicted octanol–water partition coefficient (Wildman–Crippen LogP) is 6.17. The molecule has 1 heterocycles. The molecule has 7 nitrogen and oxygen atoms in total. The fraction of sp³-hybridized carbons (Fsp3) is 0.214. The molecular weight excluding hydrogens is 544 g/mol. The fourth-order valence-corrected chi connectivity index (χ4v) is 6.16. The van der Waals surface area contributed by atoms with Crippen LogP contribution in [0.25, 0.3) is 6.08 Å². The van der Waals surface area contributed by atoms with Gasteiger partial charge >= 0.3 is 0 Å². The molecule has 1 aliphatic rings. The maximum atomic E-state index is 13.1. The van der Waals surface area contributed by atoms with E-state index in [4.69, 9.17) is 21.1 Å². The fourth-order valence-electron chi connectivity index (χ4n) is 3.72. The minimum Gasteiger partial charge on any atom is -0.493 e. The molecule has 38 heavy (non-hydrogen) atoms. The van der Waals surface area contributed by atoms with Gasteiger partial charge in [-0.3, -0.25) is 9.69 Å². The standard InChI is InChI=1S/C28H27ClN2O5S2/c1-4-19-10-13-22(14-11-19)38(33,34)30-28-31(5-2)27(32)26(37-28)17-20-12-15-24(25(16-20)35-3)36-18-21-8-6-7-9-23(21)29/h6-17H,4-5,18H2,1-3H3/b26-17+,30-28-. The summed E-state index contributed by atoms with van der Waals surface area (Å²) < 4.78 is 41.3. The number of methoxy groups -OCH3 is 1. The number of thioether (sulfide) groups is 1. The van der Waals surface area contributed by atoms with E-state index in [0.29, 0.717) is 27.0 Å².